The Labute approximate surface area is 183 Å². The first-order chi connectivity index (χ1) is 14.6. The summed E-state index contributed by atoms with van der Waals surface area (Å²) in [6, 6.07) is 0. The van der Waals surface area contributed by atoms with Crippen molar-refractivity contribution in [2.45, 2.75) is 77.8 Å². The molecule has 0 spiro atoms. The molecule has 0 bridgehead atoms. The minimum Gasteiger partial charge on any atom is -0.462 e. The Morgan fingerprint density at radius 2 is 1.81 bits per heavy atom. The lowest BCUT2D eigenvalue weighted by atomic mass is 9.66. The molecule has 174 valence electrons. The molecule has 0 radical (unpaired) electrons. The van der Waals surface area contributed by atoms with Gasteiger partial charge in [0.15, 0.2) is 0 Å². The highest BCUT2D eigenvalue weighted by molar-refractivity contribution is 5.76. The van der Waals surface area contributed by atoms with Gasteiger partial charge in [0.05, 0.1) is 12.0 Å². The summed E-state index contributed by atoms with van der Waals surface area (Å²) in [5.41, 5.74) is -0.845. The van der Waals surface area contributed by atoms with Crippen molar-refractivity contribution in [1.29, 1.82) is 0 Å². The maximum absolute atomic E-state index is 12.8. The molecule has 0 aromatic carbocycles. The molecule has 0 aromatic heterocycles. The van der Waals surface area contributed by atoms with Crippen LogP contribution in [0.15, 0.2) is 0 Å². The minimum absolute atomic E-state index is 0.0119. The number of esters is 3. The van der Waals surface area contributed by atoms with Crippen LogP contribution in [0.2, 0.25) is 0 Å². The van der Waals surface area contributed by atoms with Gasteiger partial charge in [-0.2, -0.15) is 0 Å². The van der Waals surface area contributed by atoms with Crippen molar-refractivity contribution < 1.29 is 33.7 Å². The number of aliphatic hydroxyl groups excluding tert-OH is 1. The Bertz CT molecular complexity index is 735. The molecule has 4 aliphatic rings. The van der Waals surface area contributed by atoms with Crippen LogP contribution in [0.3, 0.4) is 0 Å². The second kappa shape index (κ2) is 8.35. The fourth-order valence-corrected chi connectivity index (χ4v) is 7.03. The molecule has 2 heterocycles. The van der Waals surface area contributed by atoms with E-state index in [1.807, 2.05) is 13.8 Å². The second-order valence-electron chi connectivity index (χ2n) is 10.2. The predicted octanol–water partition coefficient (Wildman–Crippen LogP) is 1.53. The molecule has 0 amide bonds. The van der Waals surface area contributed by atoms with E-state index >= 15 is 0 Å². The highest BCUT2D eigenvalue weighted by atomic mass is 16.6. The Morgan fingerprint density at radius 1 is 1.16 bits per heavy atom. The molecule has 4 rings (SSSR count). The first-order valence-electron chi connectivity index (χ1n) is 11.6. The first kappa shape index (κ1) is 22.5. The van der Waals surface area contributed by atoms with Crippen molar-refractivity contribution in [2.75, 3.05) is 19.6 Å². The van der Waals surface area contributed by atoms with Crippen molar-refractivity contribution >= 4 is 17.9 Å². The summed E-state index contributed by atoms with van der Waals surface area (Å²) in [5, 5.41) is 11.8. The van der Waals surface area contributed by atoms with Gasteiger partial charge in [-0.25, -0.2) is 0 Å². The number of nitrogens with zero attached hydrogens (tertiary/aromatic N) is 1. The van der Waals surface area contributed by atoms with Crippen molar-refractivity contribution in [3.8, 4) is 0 Å². The van der Waals surface area contributed by atoms with Crippen molar-refractivity contribution in [1.82, 2.24) is 4.90 Å². The molecule has 8 nitrogen and oxygen atoms in total. The lowest BCUT2D eigenvalue weighted by molar-refractivity contribution is -0.165. The summed E-state index contributed by atoms with van der Waals surface area (Å²) in [7, 11) is 0. The van der Waals surface area contributed by atoms with Gasteiger partial charge in [-0.15, -0.1) is 0 Å². The average Bonchev–Trinajstić information content (AvgIpc) is 3.32. The zero-order chi connectivity index (χ0) is 22.5. The number of hydrogen-bond acceptors (Lipinski definition) is 8. The van der Waals surface area contributed by atoms with Crippen LogP contribution in [0.25, 0.3) is 0 Å². The Balaban J connectivity index is 1.69. The van der Waals surface area contributed by atoms with E-state index < -0.39 is 35.6 Å². The number of ether oxygens (including phenoxy) is 3. The van der Waals surface area contributed by atoms with E-state index in [0.29, 0.717) is 19.4 Å². The second-order valence-corrected chi connectivity index (χ2v) is 10.2. The number of carbonyl (C=O) groups is 3. The highest BCUT2D eigenvalue weighted by Gasteiger charge is 2.67. The van der Waals surface area contributed by atoms with Gasteiger partial charge >= 0.3 is 17.9 Å². The van der Waals surface area contributed by atoms with E-state index in [9.17, 15) is 19.5 Å². The van der Waals surface area contributed by atoms with Gasteiger partial charge in [-0.3, -0.25) is 14.4 Å². The van der Waals surface area contributed by atoms with Crippen molar-refractivity contribution in [2.24, 2.45) is 29.1 Å². The van der Waals surface area contributed by atoms with Gasteiger partial charge in [0.25, 0.3) is 0 Å². The van der Waals surface area contributed by atoms with E-state index in [0.717, 1.165) is 25.9 Å². The van der Waals surface area contributed by atoms with Gasteiger partial charge in [0.1, 0.15) is 18.3 Å². The van der Waals surface area contributed by atoms with E-state index in [1.165, 1.54) is 13.8 Å². The number of likely N-dealkylation sites (tertiary alicyclic amines) is 1. The molecule has 31 heavy (non-hydrogen) atoms. The third kappa shape index (κ3) is 3.86. The Morgan fingerprint density at radius 3 is 2.42 bits per heavy atom. The summed E-state index contributed by atoms with van der Waals surface area (Å²) in [5.74, 6) is -2.03. The molecule has 2 saturated heterocycles. The van der Waals surface area contributed by atoms with Crippen LogP contribution < -0.4 is 0 Å². The maximum Gasteiger partial charge on any atom is 0.311 e. The van der Waals surface area contributed by atoms with E-state index in [1.54, 1.807) is 0 Å². The highest BCUT2D eigenvalue weighted by Crippen LogP contribution is 2.58. The summed E-state index contributed by atoms with van der Waals surface area (Å²) in [6.07, 6.45) is 0.822. The molecular weight excluding hydrogens is 402 g/mol. The Hall–Kier alpha value is -1.67. The minimum atomic E-state index is -0.920. The number of fused-ring (bicyclic) bond motifs is 2. The Kier molecular flexibility index (Phi) is 6.07. The quantitative estimate of drug-likeness (QED) is 0.522. The van der Waals surface area contributed by atoms with Crippen LogP contribution >= 0.6 is 0 Å². The average molecular weight is 438 g/mol. The topological polar surface area (TPSA) is 102 Å². The predicted molar refractivity (Wildman–Crippen MR) is 110 cm³/mol. The van der Waals surface area contributed by atoms with Crippen LogP contribution in [0.1, 0.15) is 53.4 Å². The number of aliphatic hydroxyl groups is 1. The molecular formula is C23H35NO7. The molecule has 1 N–H and O–H groups in total. The molecule has 2 aliphatic heterocycles. The number of hydrogen-bond donors (Lipinski definition) is 1. The number of carbonyl (C=O) groups excluding carboxylic acids is 3. The van der Waals surface area contributed by atoms with Crippen molar-refractivity contribution in [3.63, 3.8) is 0 Å². The SMILES string of the molecule is CC(=O)OC1C[C@H](OC(C)=O)[C@]2(C)C1C(C)CC1OC(=O)C(CN3CCCC3)[C@H]1C2O. The van der Waals surface area contributed by atoms with Crippen molar-refractivity contribution in [3.05, 3.63) is 0 Å². The van der Waals surface area contributed by atoms with Crippen LogP contribution in [0.4, 0.5) is 0 Å². The molecule has 2 saturated carbocycles. The van der Waals surface area contributed by atoms with Crippen LogP contribution in [-0.2, 0) is 28.6 Å². The van der Waals surface area contributed by atoms with Gasteiger partial charge in [-0.1, -0.05) is 13.8 Å². The largest absolute Gasteiger partial charge is 0.462 e. The van der Waals surface area contributed by atoms with Crippen LogP contribution in [0.5, 0.6) is 0 Å². The van der Waals surface area contributed by atoms with Gasteiger partial charge < -0.3 is 24.2 Å². The van der Waals surface area contributed by atoms with Gasteiger partial charge in [-0.05, 0) is 38.3 Å². The fraction of sp³-hybridized carbons (Fsp3) is 0.870. The first-order valence-corrected chi connectivity index (χ1v) is 11.6. The zero-order valence-corrected chi connectivity index (χ0v) is 18.9. The van der Waals surface area contributed by atoms with E-state index in [2.05, 4.69) is 4.90 Å². The molecule has 6 unspecified atom stereocenters. The third-order valence-electron chi connectivity index (χ3n) is 8.22. The zero-order valence-electron chi connectivity index (χ0n) is 18.9. The summed E-state index contributed by atoms with van der Waals surface area (Å²) >= 11 is 0. The maximum atomic E-state index is 12.8. The number of rotatable bonds is 4. The van der Waals surface area contributed by atoms with Crippen LogP contribution in [-0.4, -0.2) is 72.0 Å². The smallest absolute Gasteiger partial charge is 0.311 e. The van der Waals surface area contributed by atoms with Gasteiger partial charge in [0, 0.05) is 44.1 Å². The standard InChI is InChI=1S/C23H35NO7/c1-12-9-16-19(15(22(28)31-16)11-24-7-5-6-8-24)21(27)23(4)18(30-14(3)26)10-17(20(12)23)29-13(2)25/h12,15-21,27H,5-11H2,1-4H3/t12?,15?,16?,17?,18-,19+,20?,21?,23+/m0/s1. The third-order valence-corrected chi connectivity index (χ3v) is 8.22. The molecule has 0 aromatic rings. The van der Waals surface area contributed by atoms with E-state index in [4.69, 9.17) is 14.2 Å². The molecule has 4 fully saturated rings. The van der Waals surface area contributed by atoms with Gasteiger partial charge in [0.2, 0.25) is 0 Å². The van der Waals surface area contributed by atoms with Crippen LogP contribution in [0, 0.1) is 29.1 Å². The monoisotopic (exact) mass is 437 g/mol. The van der Waals surface area contributed by atoms with E-state index in [-0.39, 0.29) is 35.8 Å². The molecule has 9 atom stereocenters. The molecule has 8 heteroatoms. The normalized spacial score (nSPS) is 44.9. The molecule has 2 aliphatic carbocycles. The fourth-order valence-electron chi connectivity index (χ4n) is 7.03. The summed E-state index contributed by atoms with van der Waals surface area (Å²) < 4.78 is 17.2. The lowest BCUT2D eigenvalue weighted by Crippen LogP contribution is -2.52. The lowest BCUT2D eigenvalue weighted by Gasteiger charge is -2.43. The summed E-state index contributed by atoms with van der Waals surface area (Å²) in [6.45, 7) is 9.19. The summed E-state index contributed by atoms with van der Waals surface area (Å²) in [4.78, 5) is 38.8.